The Kier molecular flexibility index (Phi) is 1.71. The zero-order chi connectivity index (χ0) is 6.85. The maximum atomic E-state index is 10.6. The molecule has 3 nitrogen and oxygen atoms in total. The normalized spacial score (nSPS) is 33.3. The van der Waals surface area contributed by atoms with Crippen LogP contribution in [-0.2, 0) is 4.79 Å². The molecule has 0 aliphatic carbocycles. The molecule has 0 saturated carbocycles. The van der Waals surface area contributed by atoms with Crippen molar-refractivity contribution < 1.29 is 9.90 Å². The van der Waals surface area contributed by atoms with E-state index in [4.69, 9.17) is 5.11 Å². The molecule has 1 saturated heterocycles. The summed E-state index contributed by atoms with van der Waals surface area (Å²) in [5, 5.41) is 11.2. The quantitative estimate of drug-likeness (QED) is 0.494. The summed E-state index contributed by atoms with van der Waals surface area (Å²) in [6.07, 6.45) is 0.830. The monoisotopic (exact) mass is 129 g/mol. The molecule has 2 N–H and O–H groups in total. The van der Waals surface area contributed by atoms with Gasteiger partial charge in [0.15, 0.2) is 0 Å². The van der Waals surface area contributed by atoms with Gasteiger partial charge < -0.3 is 10.4 Å². The molecule has 1 rings (SSSR count). The van der Waals surface area contributed by atoms with E-state index >= 15 is 0 Å². The third-order valence-electron chi connectivity index (χ3n) is 1.79. The summed E-state index contributed by atoms with van der Waals surface area (Å²) in [5.41, 5.74) is 0. The Hall–Kier alpha value is -0.570. The number of β-lactam (4-membered cyclic amide) rings is 1. The van der Waals surface area contributed by atoms with Crippen molar-refractivity contribution in [2.45, 2.75) is 19.4 Å². The lowest BCUT2D eigenvalue weighted by atomic mass is 9.89. The van der Waals surface area contributed by atoms with Crippen molar-refractivity contribution in [2.75, 3.05) is 6.61 Å². The summed E-state index contributed by atoms with van der Waals surface area (Å²) in [7, 11) is 0. The zero-order valence-corrected chi connectivity index (χ0v) is 5.42. The lowest BCUT2D eigenvalue weighted by Crippen LogP contribution is -2.59. The molecule has 52 valence electrons. The van der Waals surface area contributed by atoms with Crippen molar-refractivity contribution in [1.29, 1.82) is 0 Å². The van der Waals surface area contributed by atoms with E-state index in [-0.39, 0.29) is 24.5 Å². The molecular formula is C6H11NO2. The zero-order valence-electron chi connectivity index (χ0n) is 5.42. The van der Waals surface area contributed by atoms with Crippen molar-refractivity contribution >= 4 is 5.91 Å². The van der Waals surface area contributed by atoms with E-state index in [1.807, 2.05) is 6.92 Å². The second-order valence-corrected chi connectivity index (χ2v) is 2.31. The number of amides is 1. The molecule has 0 spiro atoms. The molecule has 1 fully saturated rings. The van der Waals surface area contributed by atoms with E-state index in [1.54, 1.807) is 0 Å². The minimum atomic E-state index is 0.0301. The first-order chi connectivity index (χ1) is 4.29. The SMILES string of the molecule is CC[C@H]1C(=O)N[C@@H]1CO. The Morgan fingerprint density at radius 3 is 2.67 bits per heavy atom. The van der Waals surface area contributed by atoms with E-state index in [2.05, 4.69) is 5.32 Å². The van der Waals surface area contributed by atoms with Gasteiger partial charge in [-0.1, -0.05) is 6.92 Å². The minimum absolute atomic E-state index is 0.0301. The summed E-state index contributed by atoms with van der Waals surface area (Å²) in [6.45, 7) is 2.02. The number of aliphatic hydroxyl groups excluding tert-OH is 1. The van der Waals surface area contributed by atoms with Gasteiger partial charge >= 0.3 is 0 Å². The Labute approximate surface area is 54.1 Å². The highest BCUT2D eigenvalue weighted by Crippen LogP contribution is 2.17. The van der Waals surface area contributed by atoms with Crippen LogP contribution in [0.4, 0.5) is 0 Å². The van der Waals surface area contributed by atoms with Gasteiger partial charge in [-0.05, 0) is 6.42 Å². The van der Waals surface area contributed by atoms with Gasteiger partial charge in [-0.3, -0.25) is 4.79 Å². The maximum absolute atomic E-state index is 10.6. The lowest BCUT2D eigenvalue weighted by molar-refractivity contribution is -0.136. The van der Waals surface area contributed by atoms with Crippen LogP contribution in [0.1, 0.15) is 13.3 Å². The average Bonchev–Trinajstić information content (AvgIpc) is 1.83. The summed E-state index contributed by atoms with van der Waals surface area (Å²) in [6, 6.07) is 0.0301. The van der Waals surface area contributed by atoms with Crippen molar-refractivity contribution in [2.24, 2.45) is 5.92 Å². The van der Waals surface area contributed by atoms with Gasteiger partial charge in [0, 0.05) is 0 Å². The summed E-state index contributed by atoms with van der Waals surface area (Å²) >= 11 is 0. The largest absolute Gasteiger partial charge is 0.394 e. The fraction of sp³-hybridized carbons (Fsp3) is 0.833. The standard InChI is InChI=1S/C6H11NO2/c1-2-4-5(3-8)7-6(4)9/h4-5,8H,2-3H2,1H3,(H,7,9)/t4-,5-/m1/s1. The van der Waals surface area contributed by atoms with Crippen molar-refractivity contribution in [3.8, 4) is 0 Å². The van der Waals surface area contributed by atoms with E-state index in [0.29, 0.717) is 0 Å². The third kappa shape index (κ3) is 0.920. The van der Waals surface area contributed by atoms with Gasteiger partial charge in [0.25, 0.3) is 0 Å². The predicted octanol–water partition coefficient (Wildman–Crippen LogP) is -0.497. The Bertz CT molecular complexity index is 124. The average molecular weight is 129 g/mol. The van der Waals surface area contributed by atoms with E-state index < -0.39 is 0 Å². The first-order valence-electron chi connectivity index (χ1n) is 3.20. The van der Waals surface area contributed by atoms with Gasteiger partial charge in [-0.2, -0.15) is 0 Å². The molecule has 1 aliphatic heterocycles. The van der Waals surface area contributed by atoms with E-state index in [1.165, 1.54) is 0 Å². The summed E-state index contributed by atoms with van der Waals surface area (Å²) < 4.78 is 0. The molecule has 0 bridgehead atoms. The number of aliphatic hydroxyl groups is 1. The van der Waals surface area contributed by atoms with Gasteiger partial charge in [-0.25, -0.2) is 0 Å². The highest BCUT2D eigenvalue weighted by molar-refractivity contribution is 5.85. The van der Waals surface area contributed by atoms with Crippen LogP contribution < -0.4 is 5.32 Å². The predicted molar refractivity (Wildman–Crippen MR) is 32.8 cm³/mol. The number of rotatable bonds is 2. The van der Waals surface area contributed by atoms with Gasteiger partial charge in [0.2, 0.25) is 5.91 Å². The molecule has 3 heteroatoms. The molecule has 0 aromatic carbocycles. The number of hydrogen-bond donors (Lipinski definition) is 2. The summed E-state index contributed by atoms with van der Waals surface area (Å²) in [5.74, 6) is 0.145. The van der Waals surface area contributed by atoms with Gasteiger partial charge in [0.1, 0.15) is 0 Å². The second-order valence-electron chi connectivity index (χ2n) is 2.31. The lowest BCUT2D eigenvalue weighted by Gasteiger charge is -2.34. The van der Waals surface area contributed by atoms with Gasteiger partial charge in [-0.15, -0.1) is 0 Å². The van der Waals surface area contributed by atoms with Crippen LogP contribution in [-0.4, -0.2) is 23.7 Å². The molecule has 1 aliphatic rings. The Balaban J connectivity index is 2.38. The number of hydrogen-bond acceptors (Lipinski definition) is 2. The van der Waals surface area contributed by atoms with E-state index in [9.17, 15) is 4.79 Å². The van der Waals surface area contributed by atoms with Crippen LogP contribution in [0.25, 0.3) is 0 Å². The number of carbonyl (C=O) groups excluding carboxylic acids is 1. The minimum Gasteiger partial charge on any atom is -0.394 e. The van der Waals surface area contributed by atoms with Crippen LogP contribution in [0.15, 0.2) is 0 Å². The molecule has 1 amide bonds. The van der Waals surface area contributed by atoms with Crippen LogP contribution in [0, 0.1) is 5.92 Å². The Morgan fingerprint density at radius 1 is 1.78 bits per heavy atom. The molecule has 2 atom stereocenters. The van der Waals surface area contributed by atoms with Crippen LogP contribution in [0.2, 0.25) is 0 Å². The van der Waals surface area contributed by atoms with Crippen LogP contribution in [0.3, 0.4) is 0 Å². The smallest absolute Gasteiger partial charge is 0.225 e. The van der Waals surface area contributed by atoms with Crippen LogP contribution >= 0.6 is 0 Å². The fourth-order valence-electron chi connectivity index (χ4n) is 1.12. The van der Waals surface area contributed by atoms with Crippen molar-refractivity contribution in [1.82, 2.24) is 5.32 Å². The second kappa shape index (κ2) is 2.35. The van der Waals surface area contributed by atoms with Crippen molar-refractivity contribution in [3.05, 3.63) is 0 Å². The summed E-state index contributed by atoms with van der Waals surface area (Å²) in [4.78, 5) is 10.6. The highest BCUT2D eigenvalue weighted by atomic mass is 16.3. The molecule has 9 heavy (non-hydrogen) atoms. The van der Waals surface area contributed by atoms with Crippen LogP contribution in [0.5, 0.6) is 0 Å². The topological polar surface area (TPSA) is 49.3 Å². The first kappa shape index (κ1) is 6.55. The molecule has 1 heterocycles. The molecular weight excluding hydrogens is 118 g/mol. The maximum Gasteiger partial charge on any atom is 0.225 e. The Morgan fingerprint density at radius 2 is 2.44 bits per heavy atom. The third-order valence-corrected chi connectivity index (χ3v) is 1.79. The number of carbonyl (C=O) groups is 1. The number of nitrogens with one attached hydrogen (secondary N) is 1. The van der Waals surface area contributed by atoms with E-state index in [0.717, 1.165) is 6.42 Å². The molecule has 0 unspecified atom stereocenters. The molecule has 0 aromatic heterocycles. The van der Waals surface area contributed by atoms with Crippen molar-refractivity contribution in [3.63, 3.8) is 0 Å². The molecule has 0 aromatic rings. The first-order valence-corrected chi connectivity index (χ1v) is 3.20. The highest BCUT2D eigenvalue weighted by Gasteiger charge is 2.36. The fourth-order valence-corrected chi connectivity index (χ4v) is 1.12. The molecule has 0 radical (unpaired) electrons. The van der Waals surface area contributed by atoms with Gasteiger partial charge in [0.05, 0.1) is 18.6 Å².